The van der Waals surface area contributed by atoms with Gasteiger partial charge in [-0.05, 0) is 43.9 Å². The summed E-state index contributed by atoms with van der Waals surface area (Å²) in [6.07, 6.45) is -2.06. The highest BCUT2D eigenvalue weighted by Crippen LogP contribution is 2.40. The first-order chi connectivity index (χ1) is 10.8. The molecule has 0 aromatic heterocycles. The Balaban J connectivity index is 1.91. The zero-order valence-corrected chi connectivity index (χ0v) is 12.9. The van der Waals surface area contributed by atoms with Crippen molar-refractivity contribution in [2.24, 2.45) is 5.92 Å². The van der Waals surface area contributed by atoms with Crippen molar-refractivity contribution in [3.05, 3.63) is 34.9 Å². The third-order valence-corrected chi connectivity index (χ3v) is 6.78. The summed E-state index contributed by atoms with van der Waals surface area (Å²) in [7, 11) is -0.921. The fourth-order valence-electron chi connectivity index (χ4n) is 3.48. The van der Waals surface area contributed by atoms with E-state index in [2.05, 4.69) is 0 Å². The lowest BCUT2D eigenvalue weighted by atomic mass is 9.89. The van der Waals surface area contributed by atoms with Gasteiger partial charge in [0, 0.05) is 32.8 Å². The van der Waals surface area contributed by atoms with Crippen molar-refractivity contribution >= 4 is 16.6 Å². The first-order valence-corrected chi connectivity index (χ1v) is 8.63. The molecule has 2 saturated heterocycles. The Hall–Kier alpha value is -1.68. The molecule has 2 aliphatic rings. The van der Waals surface area contributed by atoms with E-state index in [-0.39, 0.29) is 27.4 Å². The number of alkyl halides is 3. The number of nitrogens with zero attached hydrogens (tertiary/aromatic N) is 1. The van der Waals surface area contributed by atoms with Crippen LogP contribution in [-0.4, -0.2) is 20.5 Å². The van der Waals surface area contributed by atoms with Crippen molar-refractivity contribution in [3.63, 3.8) is 0 Å². The number of nitriles is 1. The van der Waals surface area contributed by atoms with Gasteiger partial charge in [0.1, 0.15) is 0 Å². The van der Waals surface area contributed by atoms with E-state index in [0.29, 0.717) is 12.8 Å². The number of hydrogen-bond donors (Lipinski definition) is 0. The molecule has 0 radical (unpaired) electrons. The van der Waals surface area contributed by atoms with E-state index >= 15 is 0 Å². The maximum Gasteiger partial charge on any atom is 0.416 e. The summed E-state index contributed by atoms with van der Waals surface area (Å²) in [6.45, 7) is 0. The number of benzene rings is 1. The molecule has 0 spiro atoms. The molecular formula is C16H14F3NO2S. The molecule has 0 amide bonds. The molecule has 0 N–H and O–H groups in total. The predicted molar refractivity (Wildman–Crippen MR) is 78.2 cm³/mol. The van der Waals surface area contributed by atoms with Gasteiger partial charge in [-0.25, -0.2) is 0 Å². The van der Waals surface area contributed by atoms with Gasteiger partial charge in [-0.2, -0.15) is 18.4 Å². The van der Waals surface area contributed by atoms with E-state index < -0.39 is 28.5 Å². The standard InChI is InChI=1S/C16H14F3NO2S/c17-16(18,19)12-4-9(8-20)3-10(5-12)15(21)11-6-13-1-2-14(7-11)23(13)22/h3-5,11,13-14H,1-2,6-7H2. The molecule has 122 valence electrons. The Bertz CT molecular complexity index is 707. The third kappa shape index (κ3) is 3.05. The van der Waals surface area contributed by atoms with Crippen molar-refractivity contribution in [3.8, 4) is 6.07 Å². The largest absolute Gasteiger partial charge is 0.416 e. The van der Waals surface area contributed by atoms with Gasteiger partial charge in [0.25, 0.3) is 0 Å². The minimum atomic E-state index is -4.60. The lowest BCUT2D eigenvalue weighted by Gasteiger charge is -2.26. The first-order valence-electron chi connectivity index (χ1n) is 7.35. The summed E-state index contributed by atoms with van der Waals surface area (Å²) >= 11 is 0. The monoisotopic (exact) mass is 341 g/mol. The molecule has 1 aromatic carbocycles. The van der Waals surface area contributed by atoms with Crippen LogP contribution >= 0.6 is 0 Å². The Morgan fingerprint density at radius 3 is 2.30 bits per heavy atom. The first kappa shape index (κ1) is 16.2. The molecular weight excluding hydrogens is 327 g/mol. The van der Waals surface area contributed by atoms with Crippen LogP contribution in [0.1, 0.15) is 47.2 Å². The van der Waals surface area contributed by atoms with Crippen molar-refractivity contribution < 1.29 is 22.2 Å². The van der Waals surface area contributed by atoms with Crippen LogP contribution in [0.4, 0.5) is 13.2 Å². The molecule has 2 unspecified atom stereocenters. The van der Waals surface area contributed by atoms with Gasteiger partial charge in [-0.3, -0.25) is 9.00 Å². The SMILES string of the molecule is N#Cc1cc(C(=O)C2CC3CCC(C2)S3=O)cc(C(F)(F)F)c1. The smallest absolute Gasteiger partial charge is 0.294 e. The van der Waals surface area contributed by atoms with Gasteiger partial charge >= 0.3 is 6.18 Å². The average molecular weight is 341 g/mol. The zero-order chi connectivity index (χ0) is 16.8. The molecule has 1 aromatic rings. The molecule has 2 atom stereocenters. The average Bonchev–Trinajstić information content (AvgIpc) is 2.74. The fourth-order valence-corrected chi connectivity index (χ4v) is 5.61. The van der Waals surface area contributed by atoms with Crippen LogP contribution in [0.2, 0.25) is 0 Å². The van der Waals surface area contributed by atoms with Crippen molar-refractivity contribution in [1.82, 2.24) is 0 Å². The minimum Gasteiger partial charge on any atom is -0.294 e. The summed E-state index contributed by atoms with van der Waals surface area (Å²) in [5, 5.41) is 8.86. The number of Topliss-reactive ketones (excluding diaryl/α,β-unsaturated/α-hetero) is 1. The molecule has 0 saturated carbocycles. The second-order valence-electron chi connectivity index (χ2n) is 6.09. The number of fused-ring (bicyclic) bond motifs is 2. The van der Waals surface area contributed by atoms with Gasteiger partial charge in [0.15, 0.2) is 5.78 Å². The summed E-state index contributed by atoms with van der Waals surface area (Å²) in [6, 6.07) is 4.45. The summed E-state index contributed by atoms with van der Waals surface area (Å²) in [5.41, 5.74) is -1.23. The summed E-state index contributed by atoms with van der Waals surface area (Å²) < 4.78 is 50.7. The minimum absolute atomic E-state index is 0.0241. The maximum absolute atomic E-state index is 12.9. The predicted octanol–water partition coefficient (Wildman–Crippen LogP) is 3.45. The van der Waals surface area contributed by atoms with Crippen molar-refractivity contribution in [2.45, 2.75) is 42.4 Å². The zero-order valence-electron chi connectivity index (χ0n) is 12.1. The van der Waals surface area contributed by atoms with Gasteiger partial charge in [0.05, 0.1) is 17.2 Å². The van der Waals surface area contributed by atoms with E-state index in [4.69, 9.17) is 5.26 Å². The van der Waals surface area contributed by atoms with Crippen LogP contribution in [0.5, 0.6) is 0 Å². The second-order valence-corrected chi connectivity index (χ2v) is 8.08. The summed E-state index contributed by atoms with van der Waals surface area (Å²) in [4.78, 5) is 12.6. The Morgan fingerprint density at radius 1 is 1.17 bits per heavy atom. The number of carbonyl (C=O) groups is 1. The van der Waals surface area contributed by atoms with E-state index in [0.717, 1.165) is 25.0 Å². The molecule has 23 heavy (non-hydrogen) atoms. The van der Waals surface area contributed by atoms with E-state index in [1.807, 2.05) is 0 Å². The number of rotatable bonds is 2. The number of halogens is 3. The third-order valence-electron chi connectivity index (χ3n) is 4.61. The molecule has 2 heterocycles. The molecule has 7 heteroatoms. The highest BCUT2D eigenvalue weighted by atomic mass is 32.2. The van der Waals surface area contributed by atoms with Crippen molar-refractivity contribution in [2.75, 3.05) is 0 Å². The van der Waals surface area contributed by atoms with Crippen LogP contribution in [0.15, 0.2) is 18.2 Å². The number of carbonyl (C=O) groups excluding carboxylic acids is 1. The van der Waals surface area contributed by atoms with Crippen molar-refractivity contribution in [1.29, 1.82) is 5.26 Å². The lowest BCUT2D eigenvalue weighted by molar-refractivity contribution is -0.137. The van der Waals surface area contributed by atoms with E-state index in [1.54, 1.807) is 6.07 Å². The second kappa shape index (κ2) is 5.75. The molecule has 3 rings (SSSR count). The highest BCUT2D eigenvalue weighted by Gasteiger charge is 2.43. The Labute approximate surface area is 133 Å². The van der Waals surface area contributed by atoms with Gasteiger partial charge < -0.3 is 0 Å². The van der Waals surface area contributed by atoms with Gasteiger partial charge in [-0.15, -0.1) is 0 Å². The highest BCUT2D eigenvalue weighted by molar-refractivity contribution is 7.86. The quantitative estimate of drug-likeness (QED) is 0.774. The van der Waals surface area contributed by atoms with Crippen LogP contribution < -0.4 is 0 Å². The molecule has 0 aliphatic carbocycles. The van der Waals surface area contributed by atoms with Crippen LogP contribution in [0.25, 0.3) is 0 Å². The lowest BCUT2D eigenvalue weighted by Crippen LogP contribution is -2.32. The molecule has 2 bridgehead atoms. The topological polar surface area (TPSA) is 57.9 Å². The van der Waals surface area contributed by atoms with Gasteiger partial charge in [0.2, 0.25) is 0 Å². The maximum atomic E-state index is 12.9. The molecule has 2 fully saturated rings. The van der Waals surface area contributed by atoms with E-state index in [9.17, 15) is 22.2 Å². The van der Waals surface area contributed by atoms with Crippen LogP contribution in [0, 0.1) is 17.2 Å². The summed E-state index contributed by atoms with van der Waals surface area (Å²) in [5.74, 6) is -0.776. The number of hydrogen-bond acceptors (Lipinski definition) is 3. The van der Waals surface area contributed by atoms with Crippen LogP contribution in [0.3, 0.4) is 0 Å². The molecule has 2 aliphatic heterocycles. The van der Waals surface area contributed by atoms with E-state index in [1.165, 1.54) is 6.07 Å². The Kier molecular flexibility index (Phi) is 4.05. The van der Waals surface area contributed by atoms with Crippen LogP contribution in [-0.2, 0) is 17.0 Å². The number of ketones is 1. The fraction of sp³-hybridized carbons (Fsp3) is 0.500. The molecule has 3 nitrogen and oxygen atoms in total. The Morgan fingerprint density at radius 2 is 1.78 bits per heavy atom. The van der Waals surface area contributed by atoms with Gasteiger partial charge in [-0.1, -0.05) is 0 Å². The normalized spacial score (nSPS) is 30.0.